The van der Waals surface area contributed by atoms with Crippen LogP contribution in [0.3, 0.4) is 0 Å². The van der Waals surface area contributed by atoms with Gasteiger partial charge in [0.05, 0.1) is 19.1 Å². The molecule has 2 unspecified atom stereocenters. The van der Waals surface area contributed by atoms with Crippen molar-refractivity contribution in [3.8, 4) is 16.9 Å². The number of para-hydroxylation sites is 1. The van der Waals surface area contributed by atoms with Gasteiger partial charge in [-0.05, 0) is 43.5 Å². The number of benzene rings is 2. The van der Waals surface area contributed by atoms with Gasteiger partial charge in [0, 0.05) is 19.2 Å². The molecule has 0 aromatic heterocycles. The lowest BCUT2D eigenvalue weighted by Crippen LogP contribution is -2.42. The fraction of sp³-hybridized carbons (Fsp3) is 0.409. The lowest BCUT2D eigenvalue weighted by Gasteiger charge is -2.31. The van der Waals surface area contributed by atoms with Crippen LogP contribution in [-0.4, -0.2) is 38.1 Å². The van der Waals surface area contributed by atoms with Crippen molar-refractivity contribution in [3.05, 3.63) is 54.1 Å². The first kappa shape index (κ1) is 18.5. The third kappa shape index (κ3) is 3.91. The second kappa shape index (κ2) is 8.37. The third-order valence-corrected chi connectivity index (χ3v) is 5.39. The van der Waals surface area contributed by atoms with Gasteiger partial charge in [-0.2, -0.15) is 0 Å². The van der Waals surface area contributed by atoms with E-state index in [1.165, 1.54) is 0 Å². The van der Waals surface area contributed by atoms with E-state index in [9.17, 15) is 4.79 Å². The molecule has 0 spiro atoms. The van der Waals surface area contributed by atoms with Crippen molar-refractivity contribution in [1.29, 1.82) is 0 Å². The van der Waals surface area contributed by atoms with Gasteiger partial charge in [0.15, 0.2) is 0 Å². The van der Waals surface area contributed by atoms with Crippen molar-refractivity contribution in [2.45, 2.75) is 25.8 Å². The molecule has 1 fully saturated rings. The summed E-state index contributed by atoms with van der Waals surface area (Å²) < 4.78 is 5.46. The smallest absolute Gasteiger partial charge is 0.227 e. The molecule has 1 N–H and O–H groups in total. The van der Waals surface area contributed by atoms with Crippen molar-refractivity contribution in [3.63, 3.8) is 0 Å². The maximum Gasteiger partial charge on any atom is 0.227 e. The molecule has 138 valence electrons. The van der Waals surface area contributed by atoms with Gasteiger partial charge in [-0.15, -0.1) is 0 Å². The van der Waals surface area contributed by atoms with Gasteiger partial charge in [-0.3, -0.25) is 4.79 Å². The Morgan fingerprint density at radius 3 is 2.58 bits per heavy atom. The SMILES string of the molecule is COc1ccccc1-c1ccc(C(C)N(C)C(=O)C2CCCNC2)cc1. The van der Waals surface area contributed by atoms with E-state index < -0.39 is 0 Å². The largest absolute Gasteiger partial charge is 0.496 e. The number of piperidine rings is 1. The second-order valence-corrected chi connectivity index (χ2v) is 6.99. The molecule has 4 nitrogen and oxygen atoms in total. The maximum absolute atomic E-state index is 12.8. The van der Waals surface area contributed by atoms with Crippen LogP contribution in [0.15, 0.2) is 48.5 Å². The minimum atomic E-state index is 0.0520. The van der Waals surface area contributed by atoms with Crippen molar-refractivity contribution in [2.24, 2.45) is 5.92 Å². The highest BCUT2D eigenvalue weighted by Crippen LogP contribution is 2.31. The highest BCUT2D eigenvalue weighted by atomic mass is 16.5. The molecule has 2 aromatic rings. The van der Waals surface area contributed by atoms with E-state index in [0.29, 0.717) is 0 Å². The lowest BCUT2D eigenvalue weighted by molar-refractivity contribution is -0.136. The third-order valence-electron chi connectivity index (χ3n) is 5.39. The summed E-state index contributed by atoms with van der Waals surface area (Å²) in [6, 6.07) is 16.5. The van der Waals surface area contributed by atoms with Crippen molar-refractivity contribution < 1.29 is 9.53 Å². The monoisotopic (exact) mass is 352 g/mol. The summed E-state index contributed by atoms with van der Waals surface area (Å²) in [6.07, 6.45) is 2.06. The zero-order valence-electron chi connectivity index (χ0n) is 15.9. The molecule has 2 aromatic carbocycles. The van der Waals surface area contributed by atoms with E-state index in [0.717, 1.165) is 48.4 Å². The zero-order valence-corrected chi connectivity index (χ0v) is 15.9. The van der Waals surface area contributed by atoms with Crippen molar-refractivity contribution >= 4 is 5.91 Å². The fourth-order valence-electron chi connectivity index (χ4n) is 3.59. The summed E-state index contributed by atoms with van der Waals surface area (Å²) in [5, 5.41) is 3.33. The number of rotatable bonds is 5. The van der Waals surface area contributed by atoms with Gasteiger partial charge in [0.25, 0.3) is 0 Å². The average molecular weight is 352 g/mol. The van der Waals surface area contributed by atoms with Gasteiger partial charge in [-0.1, -0.05) is 42.5 Å². The van der Waals surface area contributed by atoms with Gasteiger partial charge in [-0.25, -0.2) is 0 Å². The number of amides is 1. The molecule has 1 amide bonds. The Bertz CT molecular complexity index is 736. The van der Waals surface area contributed by atoms with Gasteiger partial charge < -0.3 is 15.0 Å². The Morgan fingerprint density at radius 1 is 1.19 bits per heavy atom. The summed E-state index contributed by atoms with van der Waals surface area (Å²) in [6.45, 7) is 3.91. The highest BCUT2D eigenvalue weighted by molar-refractivity contribution is 5.79. The van der Waals surface area contributed by atoms with Crippen molar-refractivity contribution in [2.75, 3.05) is 27.2 Å². The van der Waals surface area contributed by atoms with E-state index >= 15 is 0 Å². The number of carbonyl (C=O) groups is 1. The maximum atomic E-state index is 12.8. The average Bonchev–Trinajstić information content (AvgIpc) is 2.73. The van der Waals surface area contributed by atoms with Gasteiger partial charge in [0.2, 0.25) is 5.91 Å². The van der Waals surface area contributed by atoms with E-state index in [1.807, 2.05) is 30.1 Å². The molecule has 0 bridgehead atoms. The number of nitrogens with one attached hydrogen (secondary N) is 1. The Morgan fingerprint density at radius 2 is 1.92 bits per heavy atom. The molecule has 0 radical (unpaired) electrons. The molecule has 0 aliphatic carbocycles. The van der Waals surface area contributed by atoms with Crippen LogP contribution in [0.4, 0.5) is 0 Å². The highest BCUT2D eigenvalue weighted by Gasteiger charge is 2.26. The summed E-state index contributed by atoms with van der Waals surface area (Å²) in [5.41, 5.74) is 3.33. The first-order valence-corrected chi connectivity index (χ1v) is 9.32. The molecule has 1 aliphatic rings. The normalized spacial score (nSPS) is 18.2. The second-order valence-electron chi connectivity index (χ2n) is 6.99. The predicted molar refractivity (Wildman–Crippen MR) is 105 cm³/mol. The fourth-order valence-corrected chi connectivity index (χ4v) is 3.59. The molecular weight excluding hydrogens is 324 g/mol. The van der Waals surface area contributed by atoms with Crippen LogP contribution in [0.25, 0.3) is 11.1 Å². The number of nitrogens with zero attached hydrogens (tertiary/aromatic N) is 1. The lowest BCUT2D eigenvalue weighted by atomic mass is 9.96. The molecule has 0 saturated carbocycles. The number of hydrogen-bond acceptors (Lipinski definition) is 3. The van der Waals surface area contributed by atoms with Crippen LogP contribution in [0, 0.1) is 5.92 Å². The van der Waals surface area contributed by atoms with Crippen LogP contribution in [0.5, 0.6) is 5.75 Å². The number of carbonyl (C=O) groups excluding carboxylic acids is 1. The van der Waals surface area contributed by atoms with E-state index in [-0.39, 0.29) is 17.9 Å². The topological polar surface area (TPSA) is 41.6 Å². The van der Waals surface area contributed by atoms with Crippen LogP contribution < -0.4 is 10.1 Å². The molecule has 1 heterocycles. The molecule has 26 heavy (non-hydrogen) atoms. The zero-order chi connectivity index (χ0) is 18.5. The van der Waals surface area contributed by atoms with Gasteiger partial charge >= 0.3 is 0 Å². The Labute approximate surface area is 156 Å². The Hall–Kier alpha value is -2.33. The van der Waals surface area contributed by atoms with Crippen LogP contribution >= 0.6 is 0 Å². The van der Waals surface area contributed by atoms with Crippen molar-refractivity contribution in [1.82, 2.24) is 10.2 Å². The molecule has 3 rings (SSSR count). The number of hydrogen-bond donors (Lipinski definition) is 1. The molecular formula is C22H28N2O2. The first-order valence-electron chi connectivity index (χ1n) is 9.32. The van der Waals surface area contributed by atoms with Crippen LogP contribution in [-0.2, 0) is 4.79 Å². The Balaban J connectivity index is 1.74. The first-order chi connectivity index (χ1) is 12.6. The molecule has 1 aliphatic heterocycles. The van der Waals surface area contributed by atoms with E-state index in [4.69, 9.17) is 4.74 Å². The van der Waals surface area contributed by atoms with E-state index in [2.05, 4.69) is 42.6 Å². The standard InChI is InChI=1S/C22H28N2O2/c1-16(24(2)22(25)19-7-6-14-23-15-19)17-10-12-18(13-11-17)20-8-4-5-9-21(20)26-3/h4-5,8-13,16,19,23H,6-7,14-15H2,1-3H3. The van der Waals surface area contributed by atoms with Crippen LogP contribution in [0.1, 0.15) is 31.4 Å². The molecule has 2 atom stereocenters. The summed E-state index contributed by atoms with van der Waals surface area (Å²) >= 11 is 0. The predicted octanol–water partition coefficient (Wildman–Crippen LogP) is 3.88. The van der Waals surface area contributed by atoms with E-state index in [1.54, 1.807) is 7.11 Å². The molecule has 1 saturated heterocycles. The van der Waals surface area contributed by atoms with Crippen LogP contribution in [0.2, 0.25) is 0 Å². The summed E-state index contributed by atoms with van der Waals surface area (Å²) in [5.74, 6) is 1.20. The minimum Gasteiger partial charge on any atom is -0.496 e. The number of methoxy groups -OCH3 is 1. The summed E-state index contributed by atoms with van der Waals surface area (Å²) in [7, 11) is 3.60. The minimum absolute atomic E-state index is 0.0520. The Kier molecular flexibility index (Phi) is 5.94. The van der Waals surface area contributed by atoms with Gasteiger partial charge in [0.1, 0.15) is 5.75 Å². The summed E-state index contributed by atoms with van der Waals surface area (Å²) in [4.78, 5) is 14.6. The number of ether oxygens (including phenoxy) is 1. The quantitative estimate of drug-likeness (QED) is 0.888. The molecule has 4 heteroatoms.